The summed E-state index contributed by atoms with van der Waals surface area (Å²) in [7, 11) is 0. The van der Waals surface area contributed by atoms with Crippen LogP contribution in [0, 0.1) is 17.6 Å². The molecule has 1 aliphatic rings. The Morgan fingerprint density at radius 3 is 2.19 bits per heavy atom. The number of benzene rings is 2. The van der Waals surface area contributed by atoms with E-state index in [9.17, 15) is 22.0 Å². The van der Waals surface area contributed by atoms with Gasteiger partial charge in [0.1, 0.15) is 11.6 Å². The van der Waals surface area contributed by atoms with Crippen LogP contribution in [0.15, 0.2) is 36.4 Å². The molecule has 0 aromatic heterocycles. The van der Waals surface area contributed by atoms with E-state index in [1.54, 1.807) is 12.1 Å². The zero-order valence-electron chi connectivity index (χ0n) is 18.8. The van der Waals surface area contributed by atoms with Crippen LogP contribution >= 0.6 is 0 Å². The molecule has 1 aliphatic carbocycles. The Bertz CT molecular complexity index is 863. The number of hydrogen-bond acceptors (Lipinski definition) is 0. The molecule has 0 unspecified atom stereocenters. The molecular formula is C27H33F5. The first-order valence-electron chi connectivity index (χ1n) is 11.9. The summed E-state index contributed by atoms with van der Waals surface area (Å²) in [5.74, 6) is -0.367. The Morgan fingerprint density at radius 2 is 1.56 bits per heavy atom. The Morgan fingerprint density at radius 1 is 0.812 bits per heavy atom. The number of rotatable bonds is 9. The van der Waals surface area contributed by atoms with Crippen molar-refractivity contribution in [1.29, 1.82) is 0 Å². The van der Waals surface area contributed by atoms with Crippen LogP contribution in [-0.2, 0) is 19.0 Å². The van der Waals surface area contributed by atoms with Gasteiger partial charge in [0.15, 0.2) is 0 Å². The lowest BCUT2D eigenvalue weighted by molar-refractivity contribution is -0.140. The Hall–Kier alpha value is -1.91. The summed E-state index contributed by atoms with van der Waals surface area (Å²) in [5.41, 5.74) is 0.707. The molecule has 0 N–H and O–H groups in total. The third-order valence-corrected chi connectivity index (χ3v) is 6.88. The normalized spacial score (nSPS) is 19.3. The van der Waals surface area contributed by atoms with Crippen LogP contribution in [0.5, 0.6) is 0 Å². The second-order valence-corrected chi connectivity index (χ2v) is 9.23. The van der Waals surface area contributed by atoms with E-state index in [2.05, 4.69) is 6.92 Å². The molecule has 0 heterocycles. The molecule has 0 atom stereocenters. The maximum atomic E-state index is 14.7. The highest BCUT2D eigenvalue weighted by atomic mass is 19.4. The highest BCUT2D eigenvalue weighted by Crippen LogP contribution is 2.38. The zero-order valence-corrected chi connectivity index (χ0v) is 18.8. The summed E-state index contributed by atoms with van der Waals surface area (Å²) < 4.78 is 66.5. The Balaban J connectivity index is 1.52. The Labute approximate surface area is 188 Å². The van der Waals surface area contributed by atoms with Crippen LogP contribution in [0.25, 0.3) is 0 Å². The topological polar surface area (TPSA) is 0 Å². The summed E-state index contributed by atoms with van der Waals surface area (Å²) in [4.78, 5) is 0. The molecule has 32 heavy (non-hydrogen) atoms. The number of hydrogen-bond donors (Lipinski definition) is 0. The first-order valence-corrected chi connectivity index (χ1v) is 11.9. The van der Waals surface area contributed by atoms with Crippen molar-refractivity contribution in [1.82, 2.24) is 0 Å². The molecule has 2 aromatic carbocycles. The molecule has 0 aliphatic heterocycles. The van der Waals surface area contributed by atoms with Gasteiger partial charge in [0.05, 0.1) is 5.56 Å². The first-order chi connectivity index (χ1) is 15.3. The van der Waals surface area contributed by atoms with Gasteiger partial charge in [0.25, 0.3) is 0 Å². The average molecular weight is 453 g/mol. The van der Waals surface area contributed by atoms with Crippen LogP contribution in [-0.4, -0.2) is 0 Å². The fraction of sp³-hybridized carbons (Fsp3) is 0.556. The maximum Gasteiger partial charge on any atom is 0.419 e. The highest BCUT2D eigenvalue weighted by molar-refractivity contribution is 5.30. The molecule has 0 spiro atoms. The molecule has 2 aromatic rings. The van der Waals surface area contributed by atoms with Crippen LogP contribution in [0.1, 0.15) is 92.9 Å². The van der Waals surface area contributed by atoms with Crippen LogP contribution in [0.3, 0.4) is 0 Å². The van der Waals surface area contributed by atoms with Crippen molar-refractivity contribution in [2.24, 2.45) is 5.92 Å². The lowest BCUT2D eigenvalue weighted by atomic mass is 9.77. The molecule has 176 valence electrons. The average Bonchev–Trinajstić information content (AvgIpc) is 2.75. The van der Waals surface area contributed by atoms with Gasteiger partial charge in [-0.25, -0.2) is 8.78 Å². The molecule has 0 bridgehead atoms. The summed E-state index contributed by atoms with van der Waals surface area (Å²) >= 11 is 0. The van der Waals surface area contributed by atoms with Crippen molar-refractivity contribution in [2.45, 2.75) is 89.6 Å². The minimum Gasteiger partial charge on any atom is -0.207 e. The van der Waals surface area contributed by atoms with Gasteiger partial charge in [-0.1, -0.05) is 57.2 Å². The standard InChI is InChI=1S/C27H33F5/c1-2-3-4-5-6-19-7-11-21(12-8-19)23-15-14-22(25(28)18-23)13-9-20-10-16-24(26(29)17-20)27(30,31)32/h10,14-19,21H,2-9,11-13H2,1H3. The van der Waals surface area contributed by atoms with Gasteiger partial charge in [0.2, 0.25) is 0 Å². The van der Waals surface area contributed by atoms with Crippen molar-refractivity contribution >= 4 is 0 Å². The fourth-order valence-electron chi connectivity index (χ4n) is 4.89. The zero-order chi connectivity index (χ0) is 23.1. The van der Waals surface area contributed by atoms with Crippen molar-refractivity contribution in [3.05, 3.63) is 70.3 Å². The third kappa shape index (κ3) is 6.79. The number of unbranched alkanes of at least 4 members (excludes halogenated alkanes) is 3. The van der Waals surface area contributed by atoms with E-state index in [1.807, 2.05) is 6.07 Å². The lowest BCUT2D eigenvalue weighted by Crippen LogP contribution is -2.13. The number of alkyl halides is 3. The highest BCUT2D eigenvalue weighted by Gasteiger charge is 2.33. The van der Waals surface area contributed by atoms with Crippen LogP contribution in [0.4, 0.5) is 22.0 Å². The molecule has 0 radical (unpaired) electrons. The number of aryl methyl sites for hydroxylation is 2. The molecule has 1 saturated carbocycles. The summed E-state index contributed by atoms with van der Waals surface area (Å²) in [6.07, 6.45) is 7.03. The van der Waals surface area contributed by atoms with Gasteiger partial charge in [-0.3, -0.25) is 0 Å². The second kappa shape index (κ2) is 11.3. The maximum absolute atomic E-state index is 14.7. The van der Waals surface area contributed by atoms with Crippen molar-refractivity contribution in [2.75, 3.05) is 0 Å². The predicted octanol–water partition coefficient (Wildman–Crippen LogP) is 9.01. The van der Waals surface area contributed by atoms with Gasteiger partial charge >= 0.3 is 6.18 Å². The molecule has 0 amide bonds. The number of halogens is 5. The van der Waals surface area contributed by atoms with Gasteiger partial charge in [0, 0.05) is 0 Å². The van der Waals surface area contributed by atoms with Gasteiger partial charge < -0.3 is 0 Å². The minimum absolute atomic E-state index is 0.281. The second-order valence-electron chi connectivity index (χ2n) is 9.23. The van der Waals surface area contributed by atoms with Crippen molar-refractivity contribution in [3.63, 3.8) is 0 Å². The van der Waals surface area contributed by atoms with Gasteiger partial charge in [-0.15, -0.1) is 0 Å². The molecule has 0 saturated heterocycles. The van der Waals surface area contributed by atoms with Gasteiger partial charge in [-0.2, -0.15) is 13.2 Å². The summed E-state index contributed by atoms with van der Waals surface area (Å²) in [6.45, 7) is 2.23. The lowest BCUT2D eigenvalue weighted by Gasteiger charge is -2.29. The van der Waals surface area contributed by atoms with E-state index in [0.29, 0.717) is 23.5 Å². The van der Waals surface area contributed by atoms with Gasteiger partial charge in [-0.05, 0) is 85.3 Å². The smallest absolute Gasteiger partial charge is 0.207 e. The van der Waals surface area contributed by atoms with Crippen LogP contribution < -0.4 is 0 Å². The quantitative estimate of drug-likeness (QED) is 0.263. The fourth-order valence-corrected chi connectivity index (χ4v) is 4.89. The molecule has 1 fully saturated rings. The van der Waals surface area contributed by atoms with Crippen molar-refractivity contribution < 1.29 is 22.0 Å². The first kappa shape index (κ1) is 24.7. The van der Waals surface area contributed by atoms with E-state index in [4.69, 9.17) is 0 Å². The SMILES string of the molecule is CCCCCCC1CCC(c2ccc(CCc3ccc(C(F)(F)F)c(F)c3)c(F)c2)CC1. The molecule has 0 nitrogen and oxygen atoms in total. The van der Waals surface area contributed by atoms with Crippen LogP contribution in [0.2, 0.25) is 0 Å². The Kier molecular flexibility index (Phi) is 8.72. The predicted molar refractivity (Wildman–Crippen MR) is 119 cm³/mol. The summed E-state index contributed by atoms with van der Waals surface area (Å²) in [6, 6.07) is 8.30. The van der Waals surface area contributed by atoms with Crippen molar-refractivity contribution in [3.8, 4) is 0 Å². The monoisotopic (exact) mass is 452 g/mol. The van der Waals surface area contributed by atoms with E-state index < -0.39 is 17.6 Å². The van der Waals surface area contributed by atoms with E-state index in [0.717, 1.165) is 36.5 Å². The van der Waals surface area contributed by atoms with E-state index in [1.165, 1.54) is 51.0 Å². The van der Waals surface area contributed by atoms with E-state index >= 15 is 0 Å². The largest absolute Gasteiger partial charge is 0.419 e. The molecular weight excluding hydrogens is 419 g/mol. The third-order valence-electron chi connectivity index (χ3n) is 6.88. The molecule has 5 heteroatoms. The molecule has 3 rings (SSSR count). The summed E-state index contributed by atoms with van der Waals surface area (Å²) in [5, 5.41) is 0. The minimum atomic E-state index is -4.71. The van der Waals surface area contributed by atoms with E-state index in [-0.39, 0.29) is 12.2 Å².